The molecule has 0 bridgehead atoms. The van der Waals surface area contributed by atoms with Gasteiger partial charge in [0.15, 0.2) is 0 Å². The van der Waals surface area contributed by atoms with Gasteiger partial charge < -0.3 is 19.1 Å². The monoisotopic (exact) mass is 911 g/mol. The molecule has 0 saturated heterocycles. The molecule has 0 unspecified atom stereocenters. The summed E-state index contributed by atoms with van der Waals surface area (Å²) in [6.45, 7) is 15.6. The minimum Gasteiger partial charge on any atom is -0.509 e. The Kier molecular flexibility index (Phi) is 9.58. The van der Waals surface area contributed by atoms with Gasteiger partial charge in [-0.2, -0.15) is 12.1 Å². The number of hydrogen-bond donors (Lipinski definition) is 0. The molecule has 1 aliphatic heterocycles. The summed E-state index contributed by atoms with van der Waals surface area (Å²) >= 11 is 0. The minimum absolute atomic E-state index is 0. The van der Waals surface area contributed by atoms with Gasteiger partial charge >= 0.3 is 0 Å². The molecule has 9 rings (SSSR count). The number of anilines is 4. The molecule has 0 radical (unpaired) electrons. The van der Waals surface area contributed by atoms with Crippen molar-refractivity contribution in [1.82, 2.24) is 14.5 Å². The van der Waals surface area contributed by atoms with Gasteiger partial charge in [0.1, 0.15) is 5.82 Å². The summed E-state index contributed by atoms with van der Waals surface area (Å²) in [5.41, 5.74) is 10.8. The maximum Gasteiger partial charge on any atom is 0.135 e. The Morgan fingerprint density at radius 3 is 2.05 bits per heavy atom. The topological polar surface area (TPSA) is 46.4 Å². The van der Waals surface area contributed by atoms with Crippen molar-refractivity contribution in [1.29, 1.82) is 0 Å². The van der Waals surface area contributed by atoms with Crippen LogP contribution in [-0.2, 0) is 31.9 Å². The molecule has 5 aromatic carbocycles. The maximum atomic E-state index is 6.58. The van der Waals surface area contributed by atoms with Crippen molar-refractivity contribution < 1.29 is 25.8 Å². The van der Waals surface area contributed by atoms with Gasteiger partial charge in [-0.05, 0) is 81.4 Å². The number of pyridine rings is 2. The first-order valence-corrected chi connectivity index (χ1v) is 18.7. The average Bonchev–Trinajstić information content (AvgIpc) is 3.74. The van der Waals surface area contributed by atoms with Crippen LogP contribution in [0.15, 0.2) is 140 Å². The second-order valence-corrected chi connectivity index (χ2v) is 16.2. The molecule has 7 heteroatoms. The van der Waals surface area contributed by atoms with Crippen molar-refractivity contribution in [2.45, 2.75) is 52.4 Å². The standard InChI is InChI=1S/C49H42N5O.Pt/c1-48(2,3)34-18-20-39(33-22-25-50-26-23-33)45(28-34)53-32-52(43-16-9-10-17-44(43)53)36-12-11-13-37(30-36)55-38-19-21-41-40-14-7-8-15-42(40)54(46(41)31-38)47-29-35(24-27-51-47)49(4,5)6;/h7-29,32H,1-6H3;/q-3;. The molecular weight excluding hydrogens is 870 g/mol. The predicted molar refractivity (Wildman–Crippen MR) is 225 cm³/mol. The SMILES string of the molecule is CC(C)(C)c1ccnc(-n2c3[c-]c(Oc4[c-]c(N5[CH-]N(c6cc(C(C)(C)C)ccc6-c6ccncc6)c6ccccc65)ccc4)ccc3c3ccccc32)c1.[Pt]. The van der Waals surface area contributed by atoms with Crippen LogP contribution in [0.25, 0.3) is 38.8 Å². The number of benzene rings is 5. The number of aromatic nitrogens is 3. The van der Waals surface area contributed by atoms with Crippen molar-refractivity contribution in [3.05, 3.63) is 170 Å². The van der Waals surface area contributed by atoms with Crippen molar-refractivity contribution >= 4 is 44.6 Å². The van der Waals surface area contributed by atoms with Crippen LogP contribution in [0.3, 0.4) is 0 Å². The van der Waals surface area contributed by atoms with Crippen molar-refractivity contribution in [3.63, 3.8) is 0 Å². The van der Waals surface area contributed by atoms with Crippen molar-refractivity contribution in [2.75, 3.05) is 9.80 Å². The fraction of sp³-hybridized carbons (Fsp3) is 0.163. The Hall–Kier alpha value is -5.71. The van der Waals surface area contributed by atoms with Gasteiger partial charge in [-0.1, -0.05) is 89.5 Å². The summed E-state index contributed by atoms with van der Waals surface area (Å²) in [6.07, 6.45) is 5.59. The summed E-state index contributed by atoms with van der Waals surface area (Å²) in [4.78, 5) is 13.6. The van der Waals surface area contributed by atoms with Crippen LogP contribution in [0.1, 0.15) is 52.7 Å². The number of fused-ring (bicyclic) bond motifs is 4. The predicted octanol–water partition coefficient (Wildman–Crippen LogP) is 12.6. The van der Waals surface area contributed by atoms with Gasteiger partial charge in [-0.25, -0.2) is 4.98 Å². The van der Waals surface area contributed by atoms with E-state index in [1.807, 2.05) is 36.8 Å². The average molecular weight is 912 g/mol. The van der Waals surface area contributed by atoms with Gasteiger partial charge in [-0.3, -0.25) is 4.98 Å². The molecular formula is C49H42N5OPt-3. The fourth-order valence-corrected chi connectivity index (χ4v) is 7.40. The molecule has 282 valence electrons. The Morgan fingerprint density at radius 2 is 1.29 bits per heavy atom. The maximum absolute atomic E-state index is 6.58. The van der Waals surface area contributed by atoms with Crippen molar-refractivity contribution in [3.8, 4) is 28.4 Å². The van der Waals surface area contributed by atoms with E-state index in [-0.39, 0.29) is 31.9 Å². The normalized spacial score (nSPS) is 12.9. The first-order valence-electron chi connectivity index (χ1n) is 18.7. The van der Waals surface area contributed by atoms with Crippen LogP contribution < -0.4 is 14.5 Å². The van der Waals surface area contributed by atoms with Gasteiger partial charge in [0, 0.05) is 79.3 Å². The Labute approximate surface area is 343 Å². The third-order valence-corrected chi connectivity index (χ3v) is 10.4. The van der Waals surface area contributed by atoms with Crippen LogP contribution in [0, 0.1) is 18.8 Å². The van der Waals surface area contributed by atoms with Crippen LogP contribution in [0.4, 0.5) is 22.7 Å². The molecule has 56 heavy (non-hydrogen) atoms. The zero-order valence-electron chi connectivity index (χ0n) is 32.3. The van der Waals surface area contributed by atoms with Crippen LogP contribution in [-0.4, -0.2) is 14.5 Å². The third kappa shape index (κ3) is 6.77. The van der Waals surface area contributed by atoms with E-state index in [9.17, 15) is 0 Å². The number of rotatable bonds is 6. The van der Waals surface area contributed by atoms with Gasteiger partial charge in [-0.15, -0.1) is 48.1 Å². The van der Waals surface area contributed by atoms with Crippen LogP contribution in [0.5, 0.6) is 11.5 Å². The first kappa shape index (κ1) is 37.2. The second kappa shape index (κ2) is 14.4. The van der Waals surface area contributed by atoms with Crippen molar-refractivity contribution in [2.24, 2.45) is 0 Å². The molecule has 3 aromatic heterocycles. The molecule has 0 atom stereocenters. The minimum atomic E-state index is -0.0225. The molecule has 0 spiro atoms. The Bertz CT molecular complexity index is 2710. The summed E-state index contributed by atoms with van der Waals surface area (Å²) in [6, 6.07) is 49.4. The summed E-state index contributed by atoms with van der Waals surface area (Å²) in [7, 11) is 0. The number of para-hydroxylation sites is 3. The van der Waals surface area contributed by atoms with E-state index in [2.05, 4.69) is 183 Å². The van der Waals surface area contributed by atoms with Gasteiger partial charge in [0.2, 0.25) is 0 Å². The Morgan fingerprint density at radius 1 is 0.589 bits per heavy atom. The zero-order chi connectivity index (χ0) is 37.9. The smallest absolute Gasteiger partial charge is 0.135 e. The van der Waals surface area contributed by atoms with E-state index in [0.717, 1.165) is 61.5 Å². The van der Waals surface area contributed by atoms with Crippen LogP contribution in [0.2, 0.25) is 0 Å². The number of ether oxygens (including phenoxy) is 1. The number of hydrogen-bond acceptors (Lipinski definition) is 5. The van der Waals surface area contributed by atoms with E-state index in [1.165, 1.54) is 11.1 Å². The fourth-order valence-electron chi connectivity index (χ4n) is 7.40. The Balaban J connectivity index is 0.00000441. The molecule has 0 amide bonds. The van der Waals surface area contributed by atoms with E-state index in [4.69, 9.17) is 9.72 Å². The molecule has 0 N–H and O–H groups in total. The molecule has 1 aliphatic rings. The summed E-state index contributed by atoms with van der Waals surface area (Å²) in [5.74, 6) is 2.05. The molecule has 6 nitrogen and oxygen atoms in total. The van der Waals surface area contributed by atoms with E-state index in [1.54, 1.807) is 0 Å². The van der Waals surface area contributed by atoms with E-state index < -0.39 is 0 Å². The first-order chi connectivity index (χ1) is 26.5. The quantitative estimate of drug-likeness (QED) is 0.156. The summed E-state index contributed by atoms with van der Waals surface area (Å²) in [5, 5.41) is 2.23. The van der Waals surface area contributed by atoms with E-state index >= 15 is 0 Å². The molecule has 0 aliphatic carbocycles. The molecule has 8 aromatic rings. The largest absolute Gasteiger partial charge is 0.509 e. The zero-order valence-corrected chi connectivity index (χ0v) is 34.6. The summed E-state index contributed by atoms with van der Waals surface area (Å²) < 4.78 is 8.76. The molecule has 0 fully saturated rings. The van der Waals surface area contributed by atoms with E-state index in [0.29, 0.717) is 11.5 Å². The molecule has 4 heterocycles. The third-order valence-electron chi connectivity index (χ3n) is 10.4. The number of nitrogens with zero attached hydrogens (tertiary/aromatic N) is 5. The van der Waals surface area contributed by atoms with Gasteiger partial charge in [0.05, 0.1) is 0 Å². The van der Waals surface area contributed by atoms with Gasteiger partial charge in [0.25, 0.3) is 0 Å². The second-order valence-electron chi connectivity index (χ2n) is 16.2. The molecule has 0 saturated carbocycles. The van der Waals surface area contributed by atoms with Crippen LogP contribution >= 0.6 is 0 Å².